The number of ether oxygens (including phenoxy) is 1. The summed E-state index contributed by atoms with van der Waals surface area (Å²) in [6, 6.07) is 0. The maximum absolute atomic E-state index is 10.8. The molecule has 1 rings (SSSR count). The van der Waals surface area contributed by atoms with E-state index in [1.54, 1.807) is 0 Å². The largest absolute Gasteiger partial charge is 0.481 e. The average Bonchev–Trinajstić information content (AvgIpc) is 2.25. The number of likely N-dealkylation sites (N-methyl/N-ethyl adjacent to an activating group) is 1. The normalized spacial score (nSPS) is 26.5. The van der Waals surface area contributed by atoms with E-state index >= 15 is 0 Å². The molecule has 1 fully saturated rings. The van der Waals surface area contributed by atoms with Crippen LogP contribution in [0.2, 0.25) is 0 Å². The smallest absolute Gasteiger partial charge is 0.306 e. The summed E-state index contributed by atoms with van der Waals surface area (Å²) in [6.45, 7) is 4.54. The minimum absolute atomic E-state index is 0.151. The first-order valence-corrected chi connectivity index (χ1v) is 5.79. The van der Waals surface area contributed by atoms with Gasteiger partial charge in [-0.15, -0.1) is 0 Å². The predicted octanol–water partition coefficient (Wildman–Crippen LogP) is 1.26. The lowest BCUT2D eigenvalue weighted by Gasteiger charge is -2.26. The molecule has 2 N–H and O–H groups in total. The Kier molecular flexibility index (Phi) is 5.65. The van der Waals surface area contributed by atoms with E-state index in [1.165, 1.54) is 0 Å². The predicted molar refractivity (Wildman–Crippen MR) is 57.9 cm³/mol. The van der Waals surface area contributed by atoms with E-state index in [-0.39, 0.29) is 12.0 Å². The molecule has 1 aliphatic rings. The second-order valence-electron chi connectivity index (χ2n) is 4.05. The van der Waals surface area contributed by atoms with E-state index < -0.39 is 5.97 Å². The van der Waals surface area contributed by atoms with Crippen molar-refractivity contribution in [2.45, 2.75) is 38.7 Å². The van der Waals surface area contributed by atoms with E-state index in [0.717, 1.165) is 32.4 Å². The van der Waals surface area contributed by atoms with Gasteiger partial charge in [0.05, 0.1) is 18.6 Å². The summed E-state index contributed by atoms with van der Waals surface area (Å²) in [5.41, 5.74) is 0. The summed E-state index contributed by atoms with van der Waals surface area (Å²) < 4.78 is 5.64. The third-order valence-electron chi connectivity index (χ3n) is 2.86. The van der Waals surface area contributed by atoms with Crippen LogP contribution in [0.3, 0.4) is 0 Å². The van der Waals surface area contributed by atoms with Crippen LogP contribution < -0.4 is 5.32 Å². The van der Waals surface area contributed by atoms with Crippen LogP contribution in [0.25, 0.3) is 0 Å². The van der Waals surface area contributed by atoms with Gasteiger partial charge in [-0.05, 0) is 25.8 Å². The molecule has 0 bridgehead atoms. The maximum atomic E-state index is 10.8. The molecule has 4 heteroatoms. The van der Waals surface area contributed by atoms with Crippen LogP contribution in [0.4, 0.5) is 0 Å². The monoisotopic (exact) mass is 215 g/mol. The Bertz CT molecular complexity index is 196. The number of hydrogen-bond donors (Lipinski definition) is 2. The quantitative estimate of drug-likeness (QED) is 0.655. The van der Waals surface area contributed by atoms with E-state index in [4.69, 9.17) is 9.84 Å². The standard InChI is InChI=1S/C11H21NO3/c1-2-12-6-7-15-10-5-3-4-9(8-10)11(13)14/h9-10,12H,2-8H2,1H3,(H,13,14). The number of rotatable bonds is 6. The molecule has 0 amide bonds. The van der Waals surface area contributed by atoms with Crippen LogP contribution in [0, 0.1) is 5.92 Å². The molecule has 1 saturated carbocycles. The van der Waals surface area contributed by atoms with Crippen LogP contribution >= 0.6 is 0 Å². The molecule has 0 aromatic rings. The van der Waals surface area contributed by atoms with E-state index in [0.29, 0.717) is 13.0 Å². The lowest BCUT2D eigenvalue weighted by molar-refractivity contribution is -0.144. The number of aliphatic carboxylic acids is 1. The molecule has 0 heterocycles. The van der Waals surface area contributed by atoms with Gasteiger partial charge < -0.3 is 15.2 Å². The Hall–Kier alpha value is -0.610. The zero-order chi connectivity index (χ0) is 11.1. The minimum Gasteiger partial charge on any atom is -0.481 e. The molecule has 4 nitrogen and oxygen atoms in total. The van der Waals surface area contributed by atoms with Gasteiger partial charge in [-0.25, -0.2) is 0 Å². The lowest BCUT2D eigenvalue weighted by Crippen LogP contribution is -2.30. The molecule has 2 unspecified atom stereocenters. The summed E-state index contributed by atoms with van der Waals surface area (Å²) in [6.07, 6.45) is 3.63. The van der Waals surface area contributed by atoms with Gasteiger partial charge in [0.15, 0.2) is 0 Å². The van der Waals surface area contributed by atoms with Gasteiger partial charge in [0, 0.05) is 6.54 Å². The molecule has 0 aromatic heterocycles. The fraction of sp³-hybridized carbons (Fsp3) is 0.909. The first-order chi connectivity index (χ1) is 7.24. The lowest BCUT2D eigenvalue weighted by atomic mass is 9.87. The topological polar surface area (TPSA) is 58.6 Å². The van der Waals surface area contributed by atoms with Gasteiger partial charge in [0.2, 0.25) is 0 Å². The molecule has 15 heavy (non-hydrogen) atoms. The fourth-order valence-corrected chi connectivity index (χ4v) is 2.00. The second-order valence-corrected chi connectivity index (χ2v) is 4.05. The maximum Gasteiger partial charge on any atom is 0.306 e. The Balaban J connectivity index is 2.15. The van der Waals surface area contributed by atoms with Gasteiger partial charge in [0.25, 0.3) is 0 Å². The third kappa shape index (κ3) is 4.62. The first kappa shape index (κ1) is 12.5. The van der Waals surface area contributed by atoms with Crippen molar-refractivity contribution < 1.29 is 14.6 Å². The molecule has 0 saturated heterocycles. The van der Waals surface area contributed by atoms with Gasteiger partial charge in [-0.2, -0.15) is 0 Å². The molecule has 0 aliphatic heterocycles. The van der Waals surface area contributed by atoms with Gasteiger partial charge >= 0.3 is 5.97 Å². The van der Waals surface area contributed by atoms with Crippen molar-refractivity contribution in [3.63, 3.8) is 0 Å². The van der Waals surface area contributed by atoms with E-state index in [2.05, 4.69) is 12.2 Å². The van der Waals surface area contributed by atoms with Gasteiger partial charge in [-0.3, -0.25) is 4.79 Å². The third-order valence-corrected chi connectivity index (χ3v) is 2.86. The number of hydrogen-bond acceptors (Lipinski definition) is 3. The van der Waals surface area contributed by atoms with Crippen molar-refractivity contribution >= 4 is 5.97 Å². The molecule has 0 radical (unpaired) electrons. The van der Waals surface area contributed by atoms with Gasteiger partial charge in [0.1, 0.15) is 0 Å². The van der Waals surface area contributed by atoms with Crippen molar-refractivity contribution in [1.29, 1.82) is 0 Å². The molecule has 88 valence electrons. The van der Waals surface area contributed by atoms with Crippen LogP contribution in [-0.4, -0.2) is 36.9 Å². The summed E-state index contributed by atoms with van der Waals surface area (Å²) in [5, 5.41) is 12.1. The highest BCUT2D eigenvalue weighted by Gasteiger charge is 2.27. The number of carboxylic acid groups (broad SMARTS) is 1. The van der Waals surface area contributed by atoms with Crippen LogP contribution in [0.15, 0.2) is 0 Å². The fourth-order valence-electron chi connectivity index (χ4n) is 2.00. The van der Waals surface area contributed by atoms with Crippen molar-refractivity contribution in [3.8, 4) is 0 Å². The summed E-state index contributed by atoms with van der Waals surface area (Å²) >= 11 is 0. The highest BCUT2D eigenvalue weighted by molar-refractivity contribution is 5.70. The Morgan fingerprint density at radius 1 is 1.53 bits per heavy atom. The van der Waals surface area contributed by atoms with Crippen LogP contribution in [0.1, 0.15) is 32.6 Å². The molecule has 0 spiro atoms. The van der Waals surface area contributed by atoms with Crippen molar-refractivity contribution in [2.75, 3.05) is 19.7 Å². The zero-order valence-electron chi connectivity index (χ0n) is 9.37. The first-order valence-electron chi connectivity index (χ1n) is 5.79. The number of carboxylic acids is 1. The number of carbonyl (C=O) groups is 1. The summed E-state index contributed by atoms with van der Waals surface area (Å²) in [4.78, 5) is 10.8. The average molecular weight is 215 g/mol. The van der Waals surface area contributed by atoms with Crippen molar-refractivity contribution in [3.05, 3.63) is 0 Å². The van der Waals surface area contributed by atoms with Crippen LogP contribution in [-0.2, 0) is 9.53 Å². The van der Waals surface area contributed by atoms with Crippen molar-refractivity contribution in [1.82, 2.24) is 5.32 Å². The van der Waals surface area contributed by atoms with Crippen LogP contribution in [0.5, 0.6) is 0 Å². The summed E-state index contributed by atoms with van der Waals surface area (Å²) in [5.74, 6) is -0.863. The molecule has 0 aromatic carbocycles. The molecule has 1 aliphatic carbocycles. The number of nitrogens with one attached hydrogen (secondary N) is 1. The second kappa shape index (κ2) is 6.80. The summed E-state index contributed by atoms with van der Waals surface area (Å²) in [7, 11) is 0. The molecular formula is C11H21NO3. The van der Waals surface area contributed by atoms with Gasteiger partial charge in [-0.1, -0.05) is 13.3 Å². The Labute approximate surface area is 91.0 Å². The minimum atomic E-state index is -0.671. The SMILES string of the molecule is CCNCCOC1CCCC(C(=O)O)C1. The van der Waals surface area contributed by atoms with Crippen molar-refractivity contribution in [2.24, 2.45) is 5.92 Å². The molecule has 2 atom stereocenters. The Morgan fingerprint density at radius 2 is 2.33 bits per heavy atom. The van der Waals surface area contributed by atoms with E-state index in [9.17, 15) is 4.79 Å². The Morgan fingerprint density at radius 3 is 3.00 bits per heavy atom. The molecular weight excluding hydrogens is 194 g/mol. The zero-order valence-corrected chi connectivity index (χ0v) is 9.37. The highest BCUT2D eigenvalue weighted by Crippen LogP contribution is 2.26. The van der Waals surface area contributed by atoms with E-state index in [1.807, 2.05) is 0 Å². The highest BCUT2D eigenvalue weighted by atomic mass is 16.5.